The molecule has 64 heavy (non-hydrogen) atoms. The molecular formula is C48H78O16. The SMILES string of the molecule is CC1OC(OC2C(OC3C(O[C@H]4CC[C@]5(C)C6C=C[C@]78OC[C@@]9(CC[C@@H](C)C(C)C97)[C@H](O)C[C@@]8(C)[C@]6(C)CC[C@H]5C4(C)C)OC(C)C(O)C3O)OC(CO)C(O)C2O)C(O)C(O)C1O. The Balaban J connectivity index is 0.979. The standard InChI is InChI=1S/C48H78O16/c1-21-10-16-47-20-58-48(39(47)22(21)2)17-12-27-44(7)14-13-29(43(5,6)26(44)11-15-45(27,8)46(48,9)18-28(47)50)62-41-37(34(55)31(52)24(4)60-41)64-42-38(35(56)32(53)25(19-49)61-42)63-40-36(57)33(54)30(51)23(3)59-40/h12,17,21-42,49-57H,10-11,13-16,18-20H2,1-9H3/t21-,22?,23?,24?,25?,26+,27?,28-,29+,30?,31?,32?,33?,34?,35?,36?,37?,38?,39?,40?,41?,42?,44+,45-,46+,47+,48+/m1/s1. The summed E-state index contributed by atoms with van der Waals surface area (Å²) in [5, 5.41) is 98.9. The van der Waals surface area contributed by atoms with Crippen LogP contribution in [0.25, 0.3) is 0 Å². The van der Waals surface area contributed by atoms with Gasteiger partial charge in [-0.2, -0.15) is 0 Å². The van der Waals surface area contributed by atoms with Crippen molar-refractivity contribution in [2.75, 3.05) is 13.2 Å². The molecule has 4 heterocycles. The molecule has 9 rings (SSSR count). The zero-order chi connectivity index (χ0) is 46.4. The molecule has 366 valence electrons. The Morgan fingerprint density at radius 1 is 0.641 bits per heavy atom. The summed E-state index contributed by atoms with van der Waals surface area (Å²) in [4.78, 5) is 0. The lowest BCUT2D eigenvalue weighted by atomic mass is 9.31. The Labute approximate surface area is 377 Å². The van der Waals surface area contributed by atoms with E-state index < -0.39 is 122 Å². The molecule has 0 amide bonds. The number of hydrogen-bond acceptors (Lipinski definition) is 16. The highest BCUT2D eigenvalue weighted by molar-refractivity contribution is 5.36. The fourth-order valence-corrected chi connectivity index (χ4v) is 16.0. The smallest absolute Gasteiger partial charge is 0.187 e. The van der Waals surface area contributed by atoms with E-state index in [4.69, 9.17) is 33.2 Å². The van der Waals surface area contributed by atoms with Gasteiger partial charge in [0.2, 0.25) is 0 Å². The fourth-order valence-electron chi connectivity index (χ4n) is 16.0. The van der Waals surface area contributed by atoms with Gasteiger partial charge in [0.25, 0.3) is 0 Å². The number of ether oxygens (including phenoxy) is 7. The van der Waals surface area contributed by atoms with Crippen molar-refractivity contribution in [1.29, 1.82) is 0 Å². The number of rotatable bonds is 7. The summed E-state index contributed by atoms with van der Waals surface area (Å²) in [7, 11) is 0. The molecule has 0 aromatic carbocycles. The molecule has 9 N–H and O–H groups in total. The van der Waals surface area contributed by atoms with Gasteiger partial charge in [0.05, 0.1) is 43.2 Å². The van der Waals surface area contributed by atoms with Crippen LogP contribution in [0.4, 0.5) is 0 Å². The number of hydrogen-bond donors (Lipinski definition) is 9. The third-order valence-electron chi connectivity index (χ3n) is 20.2. The van der Waals surface area contributed by atoms with Gasteiger partial charge in [-0.3, -0.25) is 0 Å². The second-order valence-electron chi connectivity index (χ2n) is 23.3. The zero-order valence-corrected chi connectivity index (χ0v) is 39.1. The summed E-state index contributed by atoms with van der Waals surface area (Å²) in [5.74, 6) is 1.63. The van der Waals surface area contributed by atoms with Crippen molar-refractivity contribution in [3.05, 3.63) is 12.2 Å². The van der Waals surface area contributed by atoms with E-state index in [2.05, 4.69) is 60.6 Å². The van der Waals surface area contributed by atoms with Gasteiger partial charge in [-0.25, -0.2) is 0 Å². The van der Waals surface area contributed by atoms with Gasteiger partial charge in [0, 0.05) is 16.7 Å². The molecule has 4 saturated carbocycles. The monoisotopic (exact) mass is 911 g/mol. The van der Waals surface area contributed by atoms with E-state index in [1.165, 1.54) is 6.92 Å². The van der Waals surface area contributed by atoms with E-state index in [-0.39, 0.29) is 39.4 Å². The second-order valence-corrected chi connectivity index (χ2v) is 23.3. The molecule has 16 nitrogen and oxygen atoms in total. The van der Waals surface area contributed by atoms with Crippen LogP contribution in [0.15, 0.2) is 12.2 Å². The van der Waals surface area contributed by atoms with Crippen LogP contribution in [-0.2, 0) is 33.2 Å². The van der Waals surface area contributed by atoms with Gasteiger partial charge in [-0.15, -0.1) is 0 Å². The van der Waals surface area contributed by atoms with Crippen molar-refractivity contribution in [2.24, 2.45) is 56.7 Å². The van der Waals surface area contributed by atoms with E-state index in [1.807, 2.05) is 0 Å². The molecule has 27 atom stereocenters. The van der Waals surface area contributed by atoms with Crippen LogP contribution in [0, 0.1) is 56.7 Å². The number of allylic oxidation sites excluding steroid dienone is 1. The molecule has 1 spiro atoms. The van der Waals surface area contributed by atoms with Gasteiger partial charge in [-0.1, -0.05) is 60.6 Å². The summed E-state index contributed by atoms with van der Waals surface area (Å²) in [6, 6.07) is 0. The average Bonchev–Trinajstić information content (AvgIpc) is 3.55. The van der Waals surface area contributed by atoms with Crippen molar-refractivity contribution in [3.8, 4) is 0 Å². The maximum atomic E-state index is 12.3. The minimum atomic E-state index is -1.79. The van der Waals surface area contributed by atoms with Gasteiger partial charge >= 0.3 is 0 Å². The summed E-state index contributed by atoms with van der Waals surface area (Å²) in [5.41, 5.74) is -1.68. The first-order chi connectivity index (χ1) is 29.9. The third kappa shape index (κ3) is 6.58. The molecule has 9 aliphatic rings. The van der Waals surface area contributed by atoms with Crippen molar-refractivity contribution < 1.29 is 79.1 Å². The second kappa shape index (κ2) is 16.3. The highest BCUT2D eigenvalue weighted by atomic mass is 16.8. The predicted octanol–water partition coefficient (Wildman–Crippen LogP) is 1.51. The van der Waals surface area contributed by atoms with Gasteiger partial charge in [0.1, 0.15) is 61.0 Å². The first-order valence-electron chi connectivity index (χ1n) is 24.3. The lowest BCUT2D eigenvalue weighted by molar-refractivity contribution is -0.396. The summed E-state index contributed by atoms with van der Waals surface area (Å²) < 4.78 is 44.3. The van der Waals surface area contributed by atoms with Crippen LogP contribution >= 0.6 is 0 Å². The molecule has 0 aromatic heterocycles. The molecule has 4 saturated heterocycles. The van der Waals surface area contributed by atoms with Gasteiger partial charge in [0.15, 0.2) is 18.9 Å². The van der Waals surface area contributed by atoms with Crippen molar-refractivity contribution in [2.45, 2.75) is 217 Å². The Morgan fingerprint density at radius 2 is 1.25 bits per heavy atom. The highest BCUT2D eigenvalue weighted by Crippen LogP contribution is 2.79. The highest BCUT2D eigenvalue weighted by Gasteiger charge is 2.79. The van der Waals surface area contributed by atoms with Gasteiger partial charge < -0.3 is 79.1 Å². The van der Waals surface area contributed by atoms with Crippen LogP contribution in [0.3, 0.4) is 0 Å². The molecule has 0 radical (unpaired) electrons. The topological polar surface area (TPSA) is 247 Å². The molecule has 0 aromatic rings. The molecule has 8 fully saturated rings. The molecule has 16 heteroatoms. The van der Waals surface area contributed by atoms with Crippen molar-refractivity contribution in [3.63, 3.8) is 0 Å². The van der Waals surface area contributed by atoms with Crippen LogP contribution in [0.2, 0.25) is 0 Å². The number of aliphatic hydroxyl groups excluding tert-OH is 9. The van der Waals surface area contributed by atoms with Crippen LogP contribution in [-0.4, -0.2) is 169 Å². The summed E-state index contributed by atoms with van der Waals surface area (Å²) >= 11 is 0. The average molecular weight is 911 g/mol. The first-order valence-corrected chi connectivity index (χ1v) is 24.3. The molecule has 18 unspecified atom stereocenters. The van der Waals surface area contributed by atoms with E-state index in [1.54, 1.807) is 6.92 Å². The fraction of sp³-hybridized carbons (Fsp3) is 0.958. The minimum Gasteiger partial charge on any atom is -0.394 e. The predicted molar refractivity (Wildman–Crippen MR) is 227 cm³/mol. The van der Waals surface area contributed by atoms with Gasteiger partial charge in [-0.05, 0) is 98.7 Å². The van der Waals surface area contributed by atoms with Crippen LogP contribution < -0.4 is 0 Å². The maximum Gasteiger partial charge on any atom is 0.187 e. The first kappa shape index (κ1) is 48.1. The number of aliphatic hydroxyl groups is 9. The van der Waals surface area contributed by atoms with Crippen molar-refractivity contribution in [1.82, 2.24) is 0 Å². The van der Waals surface area contributed by atoms with Crippen molar-refractivity contribution >= 4 is 0 Å². The molecular weight excluding hydrogens is 833 g/mol. The lowest BCUT2D eigenvalue weighted by Crippen LogP contribution is -2.73. The van der Waals surface area contributed by atoms with E-state index in [0.29, 0.717) is 31.3 Å². The third-order valence-corrected chi connectivity index (χ3v) is 20.2. The largest absolute Gasteiger partial charge is 0.394 e. The Bertz CT molecular complexity index is 1750. The Kier molecular flexibility index (Phi) is 12.3. The number of fused-ring (bicyclic) bond motifs is 4. The van der Waals surface area contributed by atoms with E-state index in [9.17, 15) is 46.0 Å². The normalized spacial score (nSPS) is 60.2. The quantitative estimate of drug-likeness (QED) is 0.130. The Morgan fingerprint density at radius 3 is 1.92 bits per heavy atom. The Hall–Kier alpha value is -0.900. The summed E-state index contributed by atoms with van der Waals surface area (Å²) in [6.45, 7) is 19.5. The van der Waals surface area contributed by atoms with Crippen LogP contribution in [0.5, 0.6) is 0 Å². The van der Waals surface area contributed by atoms with E-state index in [0.717, 1.165) is 32.1 Å². The molecule has 5 aliphatic carbocycles. The minimum absolute atomic E-state index is 0.142. The summed E-state index contributed by atoms with van der Waals surface area (Å²) in [6.07, 6.45) is -11.9. The van der Waals surface area contributed by atoms with E-state index >= 15 is 0 Å². The lowest BCUT2D eigenvalue weighted by Gasteiger charge is -2.73. The zero-order valence-electron chi connectivity index (χ0n) is 39.1. The van der Waals surface area contributed by atoms with Crippen LogP contribution in [0.1, 0.15) is 107 Å². The molecule has 4 aliphatic heterocycles. The maximum absolute atomic E-state index is 12.3. The molecule has 2 bridgehead atoms.